The van der Waals surface area contributed by atoms with Crippen molar-refractivity contribution in [3.05, 3.63) is 65.7 Å². The van der Waals surface area contributed by atoms with Crippen molar-refractivity contribution in [2.75, 3.05) is 5.32 Å². The molecule has 1 N–H and O–H groups in total. The van der Waals surface area contributed by atoms with Crippen molar-refractivity contribution in [2.45, 2.75) is 13.5 Å². The van der Waals surface area contributed by atoms with E-state index in [-0.39, 0.29) is 22.8 Å². The van der Waals surface area contributed by atoms with E-state index >= 15 is 0 Å². The molecule has 0 fully saturated rings. The van der Waals surface area contributed by atoms with Crippen LogP contribution in [-0.4, -0.2) is 17.1 Å². The number of rotatable bonds is 5. The van der Waals surface area contributed by atoms with Gasteiger partial charge < -0.3 is 14.5 Å². The van der Waals surface area contributed by atoms with Gasteiger partial charge in [-0.15, -0.1) is 0 Å². The fraction of sp³-hybridized carbons (Fsp3) is 0.111. The summed E-state index contributed by atoms with van der Waals surface area (Å²) in [5, 5.41) is 12.1. The number of hydrogen-bond donors (Lipinski definition) is 1. The van der Waals surface area contributed by atoms with Crippen LogP contribution in [0, 0.1) is 18.3 Å². The van der Waals surface area contributed by atoms with E-state index in [2.05, 4.69) is 10.1 Å². The zero-order chi connectivity index (χ0) is 18.7. The van der Waals surface area contributed by atoms with Gasteiger partial charge in [-0.3, -0.25) is 9.36 Å². The molecule has 0 spiro atoms. The van der Waals surface area contributed by atoms with E-state index in [9.17, 15) is 18.8 Å². The van der Waals surface area contributed by atoms with Crippen LogP contribution in [0.5, 0.6) is 5.75 Å². The van der Waals surface area contributed by atoms with Crippen molar-refractivity contribution in [1.82, 2.24) is 4.57 Å². The van der Waals surface area contributed by atoms with Gasteiger partial charge in [-0.2, -0.15) is 14.0 Å². The fourth-order valence-electron chi connectivity index (χ4n) is 2.47. The van der Waals surface area contributed by atoms with Crippen molar-refractivity contribution in [2.24, 2.45) is 0 Å². The second kappa shape index (κ2) is 7.11. The summed E-state index contributed by atoms with van der Waals surface area (Å²) in [6.45, 7) is -1.34. The number of hydrogen-bond acceptors (Lipinski definition) is 4. The minimum atomic E-state index is -2.92. The molecule has 0 unspecified atom stereocenters. The third kappa shape index (κ3) is 3.42. The number of aryl methyl sites for hydroxylation is 1. The normalized spacial score (nSPS) is 10.6. The topological polar surface area (TPSA) is 80.2 Å². The number of anilines is 1. The Hall–Kier alpha value is -3.60. The third-order valence-corrected chi connectivity index (χ3v) is 3.58. The molecule has 1 amide bonds. The first kappa shape index (κ1) is 17.2. The summed E-state index contributed by atoms with van der Waals surface area (Å²) in [5.41, 5.74) is 0.585. The number of nitriles is 1. The minimum Gasteiger partial charge on any atom is -0.443 e. The van der Waals surface area contributed by atoms with Gasteiger partial charge in [0.05, 0.1) is 0 Å². The van der Waals surface area contributed by atoms with Crippen LogP contribution in [0.25, 0.3) is 5.88 Å². The van der Waals surface area contributed by atoms with Gasteiger partial charge >= 0.3 is 6.61 Å². The Bertz CT molecular complexity index is 955. The standard InChI is InChI=1S/C18H13F2N3O3/c1-11-15(14(10-21)17(25-11)23-8-2-3-9-23)16(24)22-12-4-6-13(7-5-12)26-18(19)20/h2-9,18H,1H3,(H,22,24). The van der Waals surface area contributed by atoms with Gasteiger partial charge in [0, 0.05) is 18.1 Å². The largest absolute Gasteiger partial charge is 0.443 e. The maximum atomic E-state index is 12.6. The van der Waals surface area contributed by atoms with Crippen LogP contribution in [0.2, 0.25) is 0 Å². The van der Waals surface area contributed by atoms with E-state index in [4.69, 9.17) is 4.42 Å². The van der Waals surface area contributed by atoms with E-state index in [1.54, 1.807) is 36.0 Å². The molecule has 0 bridgehead atoms. The summed E-state index contributed by atoms with van der Waals surface area (Å²) in [5.74, 6) is -0.0185. The SMILES string of the molecule is Cc1oc(-n2cccc2)c(C#N)c1C(=O)Nc1ccc(OC(F)F)cc1. The number of nitrogens with zero attached hydrogens (tertiary/aromatic N) is 2. The van der Waals surface area contributed by atoms with E-state index in [0.717, 1.165) is 0 Å². The summed E-state index contributed by atoms with van der Waals surface area (Å²) in [6.07, 6.45) is 3.39. The highest BCUT2D eigenvalue weighted by Crippen LogP contribution is 2.26. The minimum absolute atomic E-state index is 0.0231. The molecule has 8 heteroatoms. The zero-order valence-corrected chi connectivity index (χ0v) is 13.6. The first-order chi connectivity index (χ1) is 12.5. The van der Waals surface area contributed by atoms with Gasteiger partial charge in [0.25, 0.3) is 5.91 Å². The molecule has 2 aromatic heterocycles. The first-order valence-electron chi connectivity index (χ1n) is 7.52. The second-order valence-corrected chi connectivity index (χ2v) is 5.27. The number of amides is 1. The van der Waals surface area contributed by atoms with Crippen molar-refractivity contribution in [3.63, 3.8) is 0 Å². The van der Waals surface area contributed by atoms with Gasteiger partial charge in [0.15, 0.2) is 0 Å². The zero-order valence-electron chi connectivity index (χ0n) is 13.6. The molecule has 0 saturated heterocycles. The lowest BCUT2D eigenvalue weighted by atomic mass is 10.1. The summed E-state index contributed by atoms with van der Waals surface area (Å²) in [6, 6.07) is 11.0. The predicted octanol–water partition coefficient (Wildman–Crippen LogP) is 4.10. The molecule has 0 aliphatic heterocycles. The summed E-state index contributed by atoms with van der Waals surface area (Å²) in [4.78, 5) is 12.6. The van der Waals surface area contributed by atoms with Gasteiger partial charge in [-0.05, 0) is 43.3 Å². The van der Waals surface area contributed by atoms with Gasteiger partial charge in [-0.1, -0.05) is 0 Å². The Morgan fingerprint density at radius 2 is 1.92 bits per heavy atom. The predicted molar refractivity (Wildman–Crippen MR) is 88.5 cm³/mol. The summed E-state index contributed by atoms with van der Waals surface area (Å²) >= 11 is 0. The summed E-state index contributed by atoms with van der Waals surface area (Å²) < 4.78 is 35.8. The number of benzene rings is 1. The number of alkyl halides is 2. The van der Waals surface area contributed by atoms with Crippen LogP contribution >= 0.6 is 0 Å². The number of carbonyl (C=O) groups excluding carboxylic acids is 1. The number of halogens is 2. The van der Waals surface area contributed by atoms with Gasteiger partial charge in [0.2, 0.25) is 5.88 Å². The first-order valence-corrected chi connectivity index (χ1v) is 7.52. The van der Waals surface area contributed by atoms with Crippen molar-refractivity contribution >= 4 is 11.6 Å². The van der Waals surface area contributed by atoms with Gasteiger partial charge in [-0.25, -0.2) is 0 Å². The Morgan fingerprint density at radius 1 is 1.27 bits per heavy atom. The molecular weight excluding hydrogens is 344 g/mol. The van der Waals surface area contributed by atoms with E-state index < -0.39 is 12.5 Å². The molecule has 3 aromatic rings. The lowest BCUT2D eigenvalue weighted by Crippen LogP contribution is -2.14. The quantitative estimate of drug-likeness (QED) is 0.745. The molecule has 0 saturated carbocycles. The Morgan fingerprint density at radius 3 is 2.50 bits per heavy atom. The molecule has 0 aliphatic rings. The monoisotopic (exact) mass is 357 g/mol. The molecule has 0 atom stereocenters. The molecule has 26 heavy (non-hydrogen) atoms. The van der Waals surface area contributed by atoms with Crippen LogP contribution < -0.4 is 10.1 Å². The molecular formula is C18H13F2N3O3. The number of nitrogens with one attached hydrogen (secondary N) is 1. The molecule has 0 aliphatic carbocycles. The van der Waals surface area contributed by atoms with Crippen molar-refractivity contribution in [3.8, 4) is 17.7 Å². The number of furan rings is 1. The number of aromatic nitrogens is 1. The van der Waals surface area contributed by atoms with E-state index in [1.165, 1.54) is 24.3 Å². The van der Waals surface area contributed by atoms with Crippen molar-refractivity contribution in [1.29, 1.82) is 5.26 Å². The van der Waals surface area contributed by atoms with E-state index in [1.807, 2.05) is 6.07 Å². The van der Waals surface area contributed by atoms with Crippen LogP contribution in [0.15, 0.2) is 53.2 Å². The Kier molecular flexibility index (Phi) is 4.71. The number of carbonyl (C=O) groups is 1. The van der Waals surface area contributed by atoms with Crippen LogP contribution in [0.3, 0.4) is 0 Å². The fourth-order valence-corrected chi connectivity index (χ4v) is 2.47. The second-order valence-electron chi connectivity index (χ2n) is 5.27. The lowest BCUT2D eigenvalue weighted by Gasteiger charge is -2.07. The molecule has 132 valence electrons. The van der Waals surface area contributed by atoms with Crippen molar-refractivity contribution < 1.29 is 22.7 Å². The Balaban J connectivity index is 1.85. The molecule has 1 aromatic carbocycles. The maximum absolute atomic E-state index is 12.6. The van der Waals surface area contributed by atoms with E-state index in [0.29, 0.717) is 11.4 Å². The Labute approximate surface area is 147 Å². The van der Waals surface area contributed by atoms with Crippen LogP contribution in [0.1, 0.15) is 21.7 Å². The van der Waals surface area contributed by atoms with Crippen LogP contribution in [0.4, 0.5) is 14.5 Å². The average Bonchev–Trinajstić information content (AvgIpc) is 3.23. The molecule has 6 nitrogen and oxygen atoms in total. The highest BCUT2D eigenvalue weighted by molar-refractivity contribution is 6.07. The average molecular weight is 357 g/mol. The van der Waals surface area contributed by atoms with Crippen LogP contribution in [-0.2, 0) is 0 Å². The highest BCUT2D eigenvalue weighted by Gasteiger charge is 2.24. The molecule has 2 heterocycles. The molecule has 0 radical (unpaired) electrons. The lowest BCUT2D eigenvalue weighted by molar-refractivity contribution is -0.0498. The highest BCUT2D eigenvalue weighted by atomic mass is 19.3. The molecule has 3 rings (SSSR count). The van der Waals surface area contributed by atoms with Gasteiger partial charge in [0.1, 0.15) is 28.7 Å². The number of ether oxygens (including phenoxy) is 1. The third-order valence-electron chi connectivity index (χ3n) is 3.58. The summed E-state index contributed by atoms with van der Waals surface area (Å²) in [7, 11) is 0. The smallest absolute Gasteiger partial charge is 0.387 e. The maximum Gasteiger partial charge on any atom is 0.387 e.